The van der Waals surface area contributed by atoms with Gasteiger partial charge in [-0.25, -0.2) is 4.98 Å². The van der Waals surface area contributed by atoms with Crippen LogP contribution in [-0.2, 0) is 11.0 Å². The van der Waals surface area contributed by atoms with Crippen molar-refractivity contribution in [2.45, 2.75) is 38.2 Å². The van der Waals surface area contributed by atoms with Gasteiger partial charge < -0.3 is 14.9 Å². The van der Waals surface area contributed by atoms with Crippen molar-refractivity contribution in [2.75, 3.05) is 29.4 Å². The zero-order valence-electron chi connectivity index (χ0n) is 15.3. The van der Waals surface area contributed by atoms with Gasteiger partial charge in [0.05, 0.1) is 5.41 Å². The second-order valence-electron chi connectivity index (χ2n) is 7.97. The van der Waals surface area contributed by atoms with Gasteiger partial charge in [0.1, 0.15) is 5.82 Å². The van der Waals surface area contributed by atoms with E-state index in [1.54, 1.807) is 11.8 Å². The van der Waals surface area contributed by atoms with Crippen LogP contribution in [0, 0.1) is 17.3 Å². The summed E-state index contributed by atoms with van der Waals surface area (Å²) in [5.74, 6) is -3.75. The summed E-state index contributed by atoms with van der Waals surface area (Å²) in [4.78, 5) is 21.3. The van der Waals surface area contributed by atoms with Crippen LogP contribution in [-0.4, -0.2) is 52.9 Å². The second kappa shape index (κ2) is 6.11. The molecule has 6 nitrogen and oxygen atoms in total. The molecule has 4 rings (SSSR count). The summed E-state index contributed by atoms with van der Waals surface area (Å²) in [6.45, 7) is 1.47. The third-order valence-corrected chi connectivity index (χ3v) is 6.38. The Morgan fingerprint density at radius 2 is 1.97 bits per heavy atom. The second-order valence-corrected chi connectivity index (χ2v) is 7.97. The minimum Gasteiger partial charge on any atom is -0.481 e. The lowest BCUT2D eigenvalue weighted by Crippen LogP contribution is -2.47. The van der Waals surface area contributed by atoms with Crippen LogP contribution in [0.3, 0.4) is 0 Å². The number of anilines is 2. The first-order valence-electron chi connectivity index (χ1n) is 9.11. The van der Waals surface area contributed by atoms with Gasteiger partial charge in [-0.1, -0.05) is 0 Å². The van der Waals surface area contributed by atoms with E-state index in [-0.39, 0.29) is 24.4 Å². The lowest BCUT2D eigenvalue weighted by atomic mass is 10.0. The van der Waals surface area contributed by atoms with Gasteiger partial charge >= 0.3 is 18.3 Å². The molecule has 1 aromatic rings. The van der Waals surface area contributed by atoms with E-state index in [1.807, 2.05) is 0 Å². The van der Waals surface area contributed by atoms with E-state index in [0.717, 1.165) is 6.42 Å². The Bertz CT molecular complexity index is 844. The average Bonchev–Trinajstić information content (AvgIpc) is 2.99. The third kappa shape index (κ3) is 3.07. The van der Waals surface area contributed by atoms with Crippen molar-refractivity contribution in [3.05, 3.63) is 11.8 Å². The number of carboxylic acid groups (broad SMARTS) is 1. The van der Waals surface area contributed by atoms with E-state index < -0.39 is 54.2 Å². The molecule has 2 aliphatic heterocycles. The SMILES string of the molecule is C[C@H]1CCN1c1nc(N2CC3C(CC(=O)O)C3(C(F)(F)F)C2)cc(C(F)(F)F)n1. The predicted molar refractivity (Wildman–Crippen MR) is 88.4 cm³/mol. The normalized spacial score (nSPS) is 31.5. The average molecular weight is 424 g/mol. The van der Waals surface area contributed by atoms with Crippen LogP contribution < -0.4 is 9.80 Å². The molecule has 0 bridgehead atoms. The molecule has 1 aromatic heterocycles. The van der Waals surface area contributed by atoms with Crippen LogP contribution in [0.5, 0.6) is 0 Å². The van der Waals surface area contributed by atoms with Crippen molar-refractivity contribution in [2.24, 2.45) is 17.3 Å². The van der Waals surface area contributed by atoms with Gasteiger partial charge in [-0.2, -0.15) is 31.3 Å². The van der Waals surface area contributed by atoms with Gasteiger partial charge in [-0.05, 0) is 25.2 Å². The molecule has 160 valence electrons. The quantitative estimate of drug-likeness (QED) is 0.749. The molecule has 1 aliphatic carbocycles. The Kier molecular flexibility index (Phi) is 4.22. The fourth-order valence-electron chi connectivity index (χ4n) is 4.62. The molecule has 2 saturated heterocycles. The van der Waals surface area contributed by atoms with E-state index in [0.29, 0.717) is 12.6 Å². The first-order chi connectivity index (χ1) is 13.3. The number of hydrogen-bond acceptors (Lipinski definition) is 5. The van der Waals surface area contributed by atoms with Crippen molar-refractivity contribution in [3.63, 3.8) is 0 Å². The minimum atomic E-state index is -4.77. The van der Waals surface area contributed by atoms with Crippen molar-refractivity contribution >= 4 is 17.7 Å². The number of alkyl halides is 6. The van der Waals surface area contributed by atoms with Gasteiger partial charge in [0.25, 0.3) is 0 Å². The van der Waals surface area contributed by atoms with Gasteiger partial charge in [0, 0.05) is 38.2 Å². The van der Waals surface area contributed by atoms with Crippen LogP contribution in [0.2, 0.25) is 0 Å². The maximum absolute atomic E-state index is 13.7. The standard InChI is InChI=1S/C17H18F6N4O2/c1-8-2-3-27(8)14-24-11(16(18,19)20)5-12(25-14)26-6-10-9(4-13(28)29)15(10,7-26)17(21,22)23/h5,8-10H,2-4,6-7H2,1H3,(H,28,29)/t8-,9?,10?,15?/m0/s1. The van der Waals surface area contributed by atoms with E-state index in [9.17, 15) is 31.1 Å². The highest BCUT2D eigenvalue weighted by Crippen LogP contribution is 2.71. The molecular formula is C17H18F6N4O2. The van der Waals surface area contributed by atoms with Crippen LogP contribution in [0.1, 0.15) is 25.5 Å². The Morgan fingerprint density at radius 3 is 2.41 bits per heavy atom. The van der Waals surface area contributed by atoms with Crippen molar-refractivity contribution in [3.8, 4) is 0 Å². The summed E-state index contributed by atoms with van der Waals surface area (Å²) in [5.41, 5.74) is -3.43. The van der Waals surface area contributed by atoms with E-state index in [2.05, 4.69) is 9.97 Å². The Morgan fingerprint density at radius 1 is 1.28 bits per heavy atom. The number of carbonyl (C=O) groups is 1. The first-order valence-corrected chi connectivity index (χ1v) is 9.11. The lowest BCUT2D eigenvalue weighted by molar-refractivity contribution is -0.189. The number of aromatic nitrogens is 2. The maximum Gasteiger partial charge on any atom is 0.433 e. The number of rotatable bonds is 4. The molecule has 0 radical (unpaired) electrons. The Hall–Kier alpha value is -2.27. The summed E-state index contributed by atoms with van der Waals surface area (Å²) in [7, 11) is 0. The van der Waals surface area contributed by atoms with Crippen LogP contribution >= 0.6 is 0 Å². The minimum absolute atomic E-state index is 0.0558. The summed E-state index contributed by atoms with van der Waals surface area (Å²) in [5, 5.41) is 8.89. The van der Waals surface area contributed by atoms with Crippen molar-refractivity contribution in [1.29, 1.82) is 0 Å². The maximum atomic E-state index is 13.7. The van der Waals surface area contributed by atoms with Crippen LogP contribution in [0.15, 0.2) is 6.07 Å². The van der Waals surface area contributed by atoms with Crippen molar-refractivity contribution < 1.29 is 36.2 Å². The molecule has 1 N–H and O–H groups in total. The molecule has 3 unspecified atom stereocenters. The fraction of sp³-hybridized carbons (Fsp3) is 0.706. The largest absolute Gasteiger partial charge is 0.481 e. The molecule has 4 atom stereocenters. The summed E-state index contributed by atoms with van der Waals surface area (Å²) in [6.07, 6.45) is -9.28. The molecule has 3 fully saturated rings. The molecule has 3 aliphatic rings. The zero-order valence-corrected chi connectivity index (χ0v) is 15.3. The molecule has 29 heavy (non-hydrogen) atoms. The van der Waals surface area contributed by atoms with Crippen LogP contribution in [0.4, 0.5) is 38.1 Å². The fourth-order valence-corrected chi connectivity index (χ4v) is 4.62. The number of nitrogens with zero attached hydrogens (tertiary/aromatic N) is 4. The summed E-state index contributed by atoms with van der Waals surface area (Å²) < 4.78 is 81.1. The third-order valence-electron chi connectivity index (χ3n) is 6.38. The topological polar surface area (TPSA) is 69.6 Å². The molecular weight excluding hydrogens is 406 g/mol. The first kappa shape index (κ1) is 20.0. The number of aliphatic carboxylic acids is 1. The number of piperidine rings is 1. The molecule has 0 aromatic carbocycles. The predicted octanol–water partition coefficient (Wildman–Crippen LogP) is 3.18. The highest BCUT2D eigenvalue weighted by molar-refractivity contribution is 5.68. The van der Waals surface area contributed by atoms with Crippen molar-refractivity contribution in [1.82, 2.24) is 9.97 Å². The van der Waals surface area contributed by atoms with E-state index in [4.69, 9.17) is 5.11 Å². The summed E-state index contributed by atoms with van der Waals surface area (Å²) in [6, 6.07) is 0.606. The van der Waals surface area contributed by atoms with E-state index in [1.165, 1.54) is 4.90 Å². The molecule has 0 amide bonds. The summed E-state index contributed by atoms with van der Waals surface area (Å²) >= 11 is 0. The molecule has 3 heterocycles. The Balaban J connectivity index is 1.66. The smallest absolute Gasteiger partial charge is 0.433 e. The molecule has 12 heteroatoms. The Labute approximate surface area is 161 Å². The van der Waals surface area contributed by atoms with Gasteiger partial charge in [0.15, 0.2) is 5.69 Å². The van der Waals surface area contributed by atoms with Gasteiger partial charge in [-0.3, -0.25) is 4.79 Å². The molecule has 0 spiro atoms. The lowest BCUT2D eigenvalue weighted by Gasteiger charge is -2.39. The van der Waals surface area contributed by atoms with Gasteiger partial charge in [0.2, 0.25) is 5.95 Å². The number of halogens is 6. The van der Waals surface area contributed by atoms with Crippen LogP contribution in [0.25, 0.3) is 0 Å². The highest BCUT2D eigenvalue weighted by Gasteiger charge is 2.81. The monoisotopic (exact) mass is 424 g/mol. The van der Waals surface area contributed by atoms with E-state index >= 15 is 0 Å². The number of hydrogen-bond donors (Lipinski definition) is 1. The molecule has 1 saturated carbocycles. The number of fused-ring (bicyclic) bond motifs is 1. The van der Waals surface area contributed by atoms with Gasteiger partial charge in [-0.15, -0.1) is 0 Å². The number of carboxylic acids is 1. The highest BCUT2D eigenvalue weighted by atomic mass is 19.4. The zero-order chi connectivity index (χ0) is 21.4.